The second-order valence-corrected chi connectivity index (χ2v) is 10.4. The smallest absolute Gasteiger partial charge is 0.336 e. The summed E-state index contributed by atoms with van der Waals surface area (Å²) in [6, 6.07) is 18.3. The van der Waals surface area contributed by atoms with Gasteiger partial charge >= 0.3 is 5.97 Å². The van der Waals surface area contributed by atoms with Crippen LogP contribution in [-0.4, -0.2) is 28.8 Å². The van der Waals surface area contributed by atoms with Gasteiger partial charge in [-0.15, -0.1) is 0 Å². The molecule has 1 amide bonds. The Morgan fingerprint density at radius 2 is 1.78 bits per heavy atom. The number of fused-ring (bicyclic) bond motifs is 1. The number of carbonyl (C=O) groups excluding carboxylic acids is 2. The second kappa shape index (κ2) is 9.92. The molecule has 2 aromatic carbocycles. The molecule has 6 nitrogen and oxygen atoms in total. The molecule has 0 radical (unpaired) electrons. The van der Waals surface area contributed by atoms with Gasteiger partial charge in [-0.05, 0) is 69.1 Å². The molecule has 0 fully saturated rings. The molecule has 3 aromatic rings. The number of hydrogen-bond acceptors (Lipinski definition) is 4. The fourth-order valence-electron chi connectivity index (χ4n) is 5.65. The minimum atomic E-state index is -1.29. The molecule has 0 spiro atoms. The van der Waals surface area contributed by atoms with E-state index in [0.29, 0.717) is 29.7 Å². The van der Waals surface area contributed by atoms with Gasteiger partial charge in [0.05, 0.1) is 29.6 Å². The van der Waals surface area contributed by atoms with Crippen LogP contribution in [0.1, 0.15) is 84.9 Å². The van der Waals surface area contributed by atoms with Crippen LogP contribution in [0.15, 0.2) is 54.6 Å². The van der Waals surface area contributed by atoms with Gasteiger partial charge in [-0.3, -0.25) is 9.48 Å². The van der Waals surface area contributed by atoms with Gasteiger partial charge in [-0.1, -0.05) is 68.4 Å². The number of aryl methyl sites for hydroxylation is 2. The van der Waals surface area contributed by atoms with E-state index in [4.69, 9.17) is 9.84 Å². The third kappa shape index (κ3) is 4.45. The Hall–Kier alpha value is -3.41. The topological polar surface area (TPSA) is 73.2 Å². The lowest BCUT2D eigenvalue weighted by Gasteiger charge is -2.37. The highest BCUT2D eigenvalue weighted by Crippen LogP contribution is 2.41. The van der Waals surface area contributed by atoms with Crippen molar-refractivity contribution in [3.63, 3.8) is 0 Å². The molecule has 0 saturated carbocycles. The van der Waals surface area contributed by atoms with E-state index in [1.807, 2.05) is 48.9 Å². The van der Waals surface area contributed by atoms with Crippen LogP contribution >= 0.6 is 0 Å². The zero-order valence-corrected chi connectivity index (χ0v) is 22.2. The van der Waals surface area contributed by atoms with Crippen molar-refractivity contribution in [2.75, 3.05) is 7.11 Å². The summed E-state index contributed by atoms with van der Waals surface area (Å²) in [4.78, 5) is 27.2. The molecule has 0 saturated heterocycles. The van der Waals surface area contributed by atoms with Crippen molar-refractivity contribution in [3.05, 3.63) is 88.2 Å². The minimum Gasteiger partial charge on any atom is -0.467 e. The maximum Gasteiger partial charge on any atom is 0.336 e. The molecule has 0 bridgehead atoms. The van der Waals surface area contributed by atoms with Crippen molar-refractivity contribution < 1.29 is 14.3 Å². The van der Waals surface area contributed by atoms with Crippen LogP contribution in [0.3, 0.4) is 0 Å². The van der Waals surface area contributed by atoms with E-state index in [0.717, 1.165) is 24.1 Å². The number of esters is 1. The lowest BCUT2D eigenvalue weighted by molar-refractivity contribution is -0.149. The van der Waals surface area contributed by atoms with Crippen LogP contribution in [0.4, 0.5) is 0 Å². The van der Waals surface area contributed by atoms with Crippen LogP contribution < -0.4 is 5.32 Å². The molecular formula is C30H37N3O3. The second-order valence-electron chi connectivity index (χ2n) is 10.4. The Labute approximate surface area is 214 Å². The largest absolute Gasteiger partial charge is 0.467 e. The van der Waals surface area contributed by atoms with Crippen molar-refractivity contribution >= 4 is 11.9 Å². The SMILES string of the molecule is CCc1ccc([C@@](CC)(NC(=O)c2c(C)nn3c2C[C@H](c2ccccc2)CC3(C)C)C(=O)OC)cc1. The van der Waals surface area contributed by atoms with Gasteiger partial charge in [0.1, 0.15) is 0 Å². The van der Waals surface area contributed by atoms with Gasteiger partial charge in [0.15, 0.2) is 5.54 Å². The summed E-state index contributed by atoms with van der Waals surface area (Å²) in [6.45, 7) is 10.2. The highest BCUT2D eigenvalue weighted by Gasteiger charge is 2.44. The van der Waals surface area contributed by atoms with Gasteiger partial charge in [0.25, 0.3) is 5.91 Å². The van der Waals surface area contributed by atoms with E-state index in [2.05, 4.69) is 50.4 Å². The van der Waals surface area contributed by atoms with Gasteiger partial charge in [-0.25, -0.2) is 4.79 Å². The first-order valence-electron chi connectivity index (χ1n) is 12.8. The van der Waals surface area contributed by atoms with E-state index in [1.165, 1.54) is 12.7 Å². The lowest BCUT2D eigenvalue weighted by Crippen LogP contribution is -2.52. The van der Waals surface area contributed by atoms with Gasteiger partial charge in [0.2, 0.25) is 0 Å². The van der Waals surface area contributed by atoms with E-state index in [1.54, 1.807) is 0 Å². The Balaban J connectivity index is 1.76. The van der Waals surface area contributed by atoms with E-state index < -0.39 is 11.5 Å². The van der Waals surface area contributed by atoms with Crippen molar-refractivity contribution in [2.45, 2.75) is 77.3 Å². The van der Waals surface area contributed by atoms with Crippen molar-refractivity contribution in [3.8, 4) is 0 Å². The number of nitrogens with one attached hydrogen (secondary N) is 1. The van der Waals surface area contributed by atoms with Crippen molar-refractivity contribution in [1.82, 2.24) is 15.1 Å². The molecule has 190 valence electrons. The van der Waals surface area contributed by atoms with Crippen molar-refractivity contribution in [1.29, 1.82) is 0 Å². The molecule has 6 heteroatoms. The third-order valence-corrected chi connectivity index (χ3v) is 7.66. The summed E-state index contributed by atoms with van der Waals surface area (Å²) in [6.07, 6.45) is 2.89. The number of methoxy groups -OCH3 is 1. The lowest BCUT2D eigenvalue weighted by atomic mass is 9.79. The average Bonchev–Trinajstić information content (AvgIpc) is 3.24. The number of rotatable bonds is 7. The molecule has 4 rings (SSSR count). The number of aromatic nitrogens is 2. The molecule has 1 aliphatic heterocycles. The summed E-state index contributed by atoms with van der Waals surface area (Å²) < 4.78 is 7.22. The molecule has 0 aliphatic carbocycles. The highest BCUT2D eigenvalue weighted by molar-refractivity contribution is 6.00. The number of amides is 1. The molecule has 2 atom stereocenters. The van der Waals surface area contributed by atoms with E-state index in [-0.39, 0.29) is 17.4 Å². The summed E-state index contributed by atoms with van der Waals surface area (Å²) in [5, 5.41) is 7.90. The first-order chi connectivity index (χ1) is 17.2. The first kappa shape index (κ1) is 25.7. The summed E-state index contributed by atoms with van der Waals surface area (Å²) in [7, 11) is 1.36. The fraction of sp³-hybridized carbons (Fsp3) is 0.433. The molecule has 2 heterocycles. The molecular weight excluding hydrogens is 450 g/mol. The van der Waals surface area contributed by atoms with Crippen LogP contribution in [0.5, 0.6) is 0 Å². The third-order valence-electron chi connectivity index (χ3n) is 7.66. The summed E-state index contributed by atoms with van der Waals surface area (Å²) >= 11 is 0. The fourth-order valence-corrected chi connectivity index (χ4v) is 5.65. The van der Waals surface area contributed by atoms with Crippen LogP contribution in [0, 0.1) is 6.92 Å². The molecule has 1 N–H and O–H groups in total. The number of ether oxygens (including phenoxy) is 1. The Bertz CT molecular complexity index is 1240. The normalized spacial score (nSPS) is 18.1. The number of carbonyl (C=O) groups is 2. The highest BCUT2D eigenvalue weighted by atomic mass is 16.5. The van der Waals surface area contributed by atoms with Gasteiger partial charge in [0, 0.05) is 0 Å². The Morgan fingerprint density at radius 1 is 1.11 bits per heavy atom. The summed E-state index contributed by atoms with van der Waals surface area (Å²) in [5.41, 5.74) is 3.72. The van der Waals surface area contributed by atoms with Gasteiger partial charge in [-0.2, -0.15) is 5.10 Å². The quantitative estimate of drug-likeness (QED) is 0.451. The van der Waals surface area contributed by atoms with Gasteiger partial charge < -0.3 is 10.1 Å². The average molecular weight is 488 g/mol. The van der Waals surface area contributed by atoms with Crippen LogP contribution in [0.2, 0.25) is 0 Å². The predicted octanol–water partition coefficient (Wildman–Crippen LogP) is 5.43. The van der Waals surface area contributed by atoms with Crippen LogP contribution in [0.25, 0.3) is 0 Å². The number of hydrogen-bond donors (Lipinski definition) is 1. The molecule has 36 heavy (non-hydrogen) atoms. The number of nitrogens with zero attached hydrogens (tertiary/aromatic N) is 2. The molecule has 0 unspecified atom stereocenters. The van der Waals surface area contributed by atoms with Crippen LogP contribution in [-0.2, 0) is 33.5 Å². The standard InChI is InChI=1S/C30H37N3O3/c1-7-21-14-16-24(17-15-21)30(8-2,28(35)36-6)31-27(34)26-20(3)32-33-25(26)18-23(19-29(33,4)5)22-12-10-9-11-13-22/h9-17,23H,7-8,18-19H2,1-6H3,(H,31,34)/t23-,30+/m0/s1. The zero-order chi connectivity index (χ0) is 26.1. The van der Waals surface area contributed by atoms with Crippen molar-refractivity contribution in [2.24, 2.45) is 0 Å². The minimum absolute atomic E-state index is 0.252. The Kier molecular flexibility index (Phi) is 7.07. The number of benzene rings is 2. The molecule has 1 aliphatic rings. The first-order valence-corrected chi connectivity index (χ1v) is 12.8. The maximum absolute atomic E-state index is 14.0. The monoisotopic (exact) mass is 487 g/mol. The molecule has 1 aromatic heterocycles. The summed E-state index contributed by atoms with van der Waals surface area (Å²) in [5.74, 6) is -0.511. The zero-order valence-electron chi connectivity index (χ0n) is 22.2. The van der Waals surface area contributed by atoms with E-state index >= 15 is 0 Å². The van der Waals surface area contributed by atoms with E-state index in [9.17, 15) is 9.59 Å². The predicted molar refractivity (Wildman–Crippen MR) is 141 cm³/mol. The maximum atomic E-state index is 14.0. The Morgan fingerprint density at radius 3 is 2.36 bits per heavy atom.